The second-order valence-corrected chi connectivity index (χ2v) is 6.22. The lowest BCUT2D eigenvalue weighted by molar-refractivity contribution is 0.608. The lowest BCUT2D eigenvalue weighted by Crippen LogP contribution is -2.01. The Labute approximate surface area is 105 Å². The van der Waals surface area contributed by atoms with Gasteiger partial charge >= 0.3 is 0 Å². The van der Waals surface area contributed by atoms with Gasteiger partial charge in [0.15, 0.2) is 0 Å². The van der Waals surface area contributed by atoms with Crippen molar-refractivity contribution in [2.45, 2.75) is 10.8 Å². The molecule has 0 spiro atoms. The van der Waals surface area contributed by atoms with E-state index in [0.29, 0.717) is 10.0 Å². The summed E-state index contributed by atoms with van der Waals surface area (Å²) in [5.41, 5.74) is 0.287. The van der Waals surface area contributed by atoms with Crippen molar-refractivity contribution in [1.82, 2.24) is 0 Å². The molecule has 0 fully saturated rings. The fourth-order valence-electron chi connectivity index (χ4n) is 1.09. The van der Waals surface area contributed by atoms with Crippen LogP contribution in [0.1, 0.15) is 11.1 Å². The predicted octanol–water partition coefficient (Wildman–Crippen LogP) is 2.99. The highest BCUT2D eigenvalue weighted by Gasteiger charge is 2.22. The second-order valence-electron chi connectivity index (χ2n) is 2.59. The Morgan fingerprint density at radius 1 is 1.47 bits per heavy atom. The average Bonchev–Trinajstić information content (AvgIpc) is 2.15. The number of nitrogens with zero attached hydrogens (tertiary/aromatic N) is 1. The van der Waals surface area contributed by atoms with Gasteiger partial charge in [0.25, 0.3) is 9.05 Å². The van der Waals surface area contributed by atoms with Crippen LogP contribution in [0.4, 0.5) is 0 Å². The summed E-state index contributed by atoms with van der Waals surface area (Å²) >= 11 is 8.65. The Morgan fingerprint density at radius 3 is 2.47 bits per heavy atom. The van der Waals surface area contributed by atoms with Gasteiger partial charge in [0.1, 0.15) is 11.0 Å². The SMILES string of the molecule is N#Cc1c(Br)ccc(CCl)c1S(=O)(=O)Cl. The van der Waals surface area contributed by atoms with Crippen LogP contribution in [0, 0.1) is 11.3 Å². The predicted molar refractivity (Wildman–Crippen MR) is 61.5 cm³/mol. The number of hydrogen-bond acceptors (Lipinski definition) is 3. The van der Waals surface area contributed by atoms with E-state index in [2.05, 4.69) is 15.9 Å². The lowest BCUT2D eigenvalue weighted by atomic mass is 10.1. The van der Waals surface area contributed by atoms with Crippen molar-refractivity contribution in [2.24, 2.45) is 0 Å². The highest BCUT2D eigenvalue weighted by atomic mass is 79.9. The molecule has 1 rings (SSSR count). The van der Waals surface area contributed by atoms with E-state index in [9.17, 15) is 8.42 Å². The summed E-state index contributed by atoms with van der Waals surface area (Å²) in [5, 5.41) is 8.84. The van der Waals surface area contributed by atoms with Gasteiger partial charge in [-0.05, 0) is 27.6 Å². The van der Waals surface area contributed by atoms with Gasteiger partial charge in [-0.15, -0.1) is 11.6 Å². The molecule has 0 aromatic heterocycles. The second kappa shape index (κ2) is 4.71. The Kier molecular flexibility index (Phi) is 4.01. The first-order valence-corrected chi connectivity index (χ1v) is 7.27. The summed E-state index contributed by atoms with van der Waals surface area (Å²) < 4.78 is 22.9. The normalized spacial score (nSPS) is 11.1. The minimum atomic E-state index is -3.98. The summed E-state index contributed by atoms with van der Waals surface area (Å²) in [6.45, 7) is 0. The van der Waals surface area contributed by atoms with Crippen molar-refractivity contribution in [2.75, 3.05) is 0 Å². The maximum atomic E-state index is 11.3. The van der Waals surface area contributed by atoms with Gasteiger partial charge in [0.05, 0.1) is 5.56 Å². The molecular formula is C8H4BrCl2NO2S. The highest BCUT2D eigenvalue weighted by Crippen LogP contribution is 2.30. The van der Waals surface area contributed by atoms with E-state index >= 15 is 0 Å². The third-order valence-corrected chi connectivity index (χ3v) is 4.05. The molecule has 0 atom stereocenters. The minimum absolute atomic E-state index is 0.0246. The first-order valence-electron chi connectivity index (χ1n) is 3.64. The summed E-state index contributed by atoms with van der Waals surface area (Å²) in [6.07, 6.45) is 0. The monoisotopic (exact) mass is 327 g/mol. The Balaban J connectivity index is 3.73. The van der Waals surface area contributed by atoms with Crippen molar-refractivity contribution in [1.29, 1.82) is 5.26 Å². The first-order chi connectivity index (χ1) is 6.91. The first kappa shape index (κ1) is 12.8. The van der Waals surface area contributed by atoms with Crippen LogP contribution >= 0.6 is 38.2 Å². The summed E-state index contributed by atoms with van der Waals surface area (Å²) in [4.78, 5) is -0.226. The maximum absolute atomic E-state index is 11.3. The zero-order valence-corrected chi connectivity index (χ0v) is 11.1. The zero-order chi connectivity index (χ0) is 11.6. The number of nitriles is 1. The van der Waals surface area contributed by atoms with Gasteiger partial charge in [0, 0.05) is 21.0 Å². The average molecular weight is 329 g/mol. The Morgan fingerprint density at radius 2 is 2.07 bits per heavy atom. The van der Waals surface area contributed by atoms with Gasteiger partial charge in [-0.2, -0.15) is 5.26 Å². The number of hydrogen-bond donors (Lipinski definition) is 0. The van der Waals surface area contributed by atoms with Gasteiger partial charge in [-0.1, -0.05) is 6.07 Å². The van der Waals surface area contributed by atoms with Crippen LogP contribution in [0.3, 0.4) is 0 Å². The molecule has 0 saturated heterocycles. The van der Waals surface area contributed by atoms with Crippen LogP contribution in [0.5, 0.6) is 0 Å². The van der Waals surface area contributed by atoms with Crippen LogP contribution < -0.4 is 0 Å². The molecule has 0 heterocycles. The number of rotatable bonds is 2. The standard InChI is InChI=1S/C8H4BrCl2NO2S/c9-7-2-1-5(3-10)8(6(7)4-12)15(11,13)14/h1-2H,3H2. The van der Waals surface area contributed by atoms with E-state index in [0.717, 1.165) is 0 Å². The van der Waals surface area contributed by atoms with Gasteiger partial charge in [0.2, 0.25) is 0 Å². The van der Waals surface area contributed by atoms with E-state index in [4.69, 9.17) is 27.5 Å². The fourth-order valence-corrected chi connectivity index (χ4v) is 3.32. The Bertz CT molecular complexity index is 536. The molecule has 15 heavy (non-hydrogen) atoms. The molecule has 0 N–H and O–H groups in total. The van der Waals surface area contributed by atoms with Crippen molar-refractivity contribution in [3.63, 3.8) is 0 Å². The fraction of sp³-hybridized carbons (Fsp3) is 0.125. The van der Waals surface area contributed by atoms with Crippen LogP contribution in [0.15, 0.2) is 21.5 Å². The number of halogens is 3. The van der Waals surface area contributed by atoms with Crippen LogP contribution in [0.25, 0.3) is 0 Å². The van der Waals surface area contributed by atoms with Gasteiger partial charge < -0.3 is 0 Å². The molecule has 0 unspecified atom stereocenters. The molecule has 0 bridgehead atoms. The smallest absolute Gasteiger partial charge is 0.207 e. The molecule has 0 amide bonds. The van der Waals surface area contributed by atoms with E-state index in [1.165, 1.54) is 6.07 Å². The van der Waals surface area contributed by atoms with Crippen LogP contribution in [-0.2, 0) is 14.9 Å². The van der Waals surface area contributed by atoms with Gasteiger partial charge in [-0.3, -0.25) is 0 Å². The molecule has 0 aliphatic heterocycles. The minimum Gasteiger partial charge on any atom is -0.207 e. The Hall–Kier alpha value is -0.280. The zero-order valence-electron chi connectivity index (χ0n) is 7.17. The molecular weight excluding hydrogens is 325 g/mol. The summed E-state index contributed by atoms with van der Waals surface area (Å²) in [6, 6.07) is 4.84. The molecule has 1 aromatic carbocycles. The lowest BCUT2D eigenvalue weighted by Gasteiger charge is -2.06. The number of alkyl halides is 1. The van der Waals surface area contributed by atoms with Crippen molar-refractivity contribution >= 4 is 47.3 Å². The van der Waals surface area contributed by atoms with Crippen molar-refractivity contribution in [3.8, 4) is 6.07 Å². The van der Waals surface area contributed by atoms with Gasteiger partial charge in [-0.25, -0.2) is 8.42 Å². The third-order valence-electron chi connectivity index (χ3n) is 1.69. The van der Waals surface area contributed by atoms with Crippen LogP contribution in [-0.4, -0.2) is 8.42 Å². The third kappa shape index (κ3) is 2.64. The highest BCUT2D eigenvalue weighted by molar-refractivity contribution is 9.10. The van der Waals surface area contributed by atoms with Crippen molar-refractivity contribution in [3.05, 3.63) is 27.7 Å². The van der Waals surface area contributed by atoms with Crippen molar-refractivity contribution < 1.29 is 8.42 Å². The summed E-state index contributed by atoms with van der Waals surface area (Å²) in [7, 11) is 1.26. The molecule has 0 aliphatic rings. The van der Waals surface area contributed by atoms with Crippen LogP contribution in [0.2, 0.25) is 0 Å². The molecule has 0 radical (unpaired) electrons. The molecule has 0 aliphatic carbocycles. The molecule has 7 heteroatoms. The quantitative estimate of drug-likeness (QED) is 0.619. The molecule has 1 aromatic rings. The number of benzene rings is 1. The summed E-state index contributed by atoms with van der Waals surface area (Å²) in [5.74, 6) is -0.0246. The van der Waals surface area contributed by atoms with E-state index in [-0.39, 0.29) is 16.3 Å². The molecule has 80 valence electrons. The van der Waals surface area contributed by atoms with E-state index in [1.54, 1.807) is 12.1 Å². The largest absolute Gasteiger partial charge is 0.262 e. The topological polar surface area (TPSA) is 57.9 Å². The molecule has 0 saturated carbocycles. The van der Waals surface area contributed by atoms with E-state index < -0.39 is 9.05 Å². The van der Waals surface area contributed by atoms with E-state index in [1.807, 2.05) is 0 Å². The molecule has 3 nitrogen and oxygen atoms in total. The maximum Gasteiger partial charge on any atom is 0.262 e.